The van der Waals surface area contributed by atoms with Crippen molar-refractivity contribution < 1.29 is 48.8 Å². The topological polar surface area (TPSA) is 198 Å². The van der Waals surface area contributed by atoms with Gasteiger partial charge in [0.1, 0.15) is 0 Å². The molecule has 2 rings (SSSR count). The molecule has 15 nitrogen and oxygen atoms in total. The third-order valence-corrected chi connectivity index (χ3v) is 6.38. The lowest BCUT2D eigenvalue weighted by atomic mass is 10.2. The molecule has 0 aromatic heterocycles. The van der Waals surface area contributed by atoms with E-state index in [0.29, 0.717) is 26.3 Å². The number of carboxylic acids is 3. The third-order valence-electron chi connectivity index (χ3n) is 6.38. The molecule has 2 heterocycles. The van der Waals surface area contributed by atoms with Gasteiger partial charge in [-0.1, -0.05) is 0 Å². The van der Waals surface area contributed by atoms with Crippen molar-refractivity contribution in [2.45, 2.75) is 37.9 Å². The molecule has 0 radical (unpaired) electrons. The highest BCUT2D eigenvalue weighted by atomic mass is 16.5. The molecule has 2 saturated heterocycles. The molecule has 0 aliphatic carbocycles. The maximum absolute atomic E-state index is 12.4. The average molecular weight is 560 g/mol. The summed E-state index contributed by atoms with van der Waals surface area (Å²) in [5.41, 5.74) is 0. The quantitative estimate of drug-likeness (QED) is 0.107. The van der Waals surface area contributed by atoms with Crippen LogP contribution in [0, 0.1) is 0 Å². The first-order valence-corrected chi connectivity index (χ1v) is 13.2. The van der Waals surface area contributed by atoms with E-state index in [0.717, 1.165) is 25.7 Å². The van der Waals surface area contributed by atoms with Gasteiger partial charge in [-0.15, -0.1) is 0 Å². The molecule has 0 spiro atoms. The molecule has 0 aromatic carbocycles. The number of nitrogens with one attached hydrogen (secondary N) is 2. The van der Waals surface area contributed by atoms with Gasteiger partial charge in [-0.05, 0) is 25.7 Å². The lowest BCUT2D eigenvalue weighted by Crippen LogP contribution is -2.48. The Kier molecular flexibility index (Phi) is 14.7. The van der Waals surface area contributed by atoms with E-state index in [-0.39, 0.29) is 69.8 Å². The number of ether oxygens (including phenoxy) is 2. The van der Waals surface area contributed by atoms with Crippen LogP contribution in [0.5, 0.6) is 0 Å². The van der Waals surface area contributed by atoms with Gasteiger partial charge in [-0.2, -0.15) is 0 Å². The first kappa shape index (κ1) is 32.4. The van der Waals surface area contributed by atoms with Crippen LogP contribution >= 0.6 is 0 Å². The summed E-state index contributed by atoms with van der Waals surface area (Å²) in [6, 6.07) is 0. The molecule has 2 unspecified atom stereocenters. The van der Waals surface area contributed by atoms with Gasteiger partial charge in [0, 0.05) is 52.5 Å². The Balaban J connectivity index is 1.87. The van der Waals surface area contributed by atoms with E-state index in [2.05, 4.69) is 10.6 Å². The zero-order valence-corrected chi connectivity index (χ0v) is 22.2. The van der Waals surface area contributed by atoms with Crippen molar-refractivity contribution in [1.29, 1.82) is 0 Å². The molecule has 0 bridgehead atoms. The number of hydrogen-bond acceptors (Lipinski definition) is 10. The molecule has 5 N–H and O–H groups in total. The molecule has 2 amide bonds. The van der Waals surface area contributed by atoms with Gasteiger partial charge in [0.15, 0.2) is 0 Å². The van der Waals surface area contributed by atoms with E-state index in [1.165, 1.54) is 14.7 Å². The van der Waals surface area contributed by atoms with E-state index < -0.39 is 31.0 Å². The fourth-order valence-electron chi connectivity index (χ4n) is 4.42. The van der Waals surface area contributed by atoms with Crippen LogP contribution in [-0.4, -0.2) is 157 Å². The summed E-state index contributed by atoms with van der Waals surface area (Å²) in [5, 5.41) is 33.3. The lowest BCUT2D eigenvalue weighted by Gasteiger charge is -2.28. The summed E-state index contributed by atoms with van der Waals surface area (Å²) >= 11 is 0. The minimum atomic E-state index is -1.13. The van der Waals surface area contributed by atoms with Crippen molar-refractivity contribution in [3.63, 3.8) is 0 Å². The second-order valence-corrected chi connectivity index (χ2v) is 9.76. The first-order valence-electron chi connectivity index (χ1n) is 13.2. The predicted molar refractivity (Wildman–Crippen MR) is 136 cm³/mol. The number of rotatable bonds is 20. The SMILES string of the molecule is O=C(O)CN(CCN(CC(=O)O)CC(=O)NCC1CCCO1)CCN(CC(=O)O)CC(=O)NCC1CCCO1. The van der Waals surface area contributed by atoms with E-state index >= 15 is 0 Å². The van der Waals surface area contributed by atoms with Crippen LogP contribution in [0.4, 0.5) is 0 Å². The molecule has 0 saturated carbocycles. The van der Waals surface area contributed by atoms with Gasteiger partial charge >= 0.3 is 17.9 Å². The van der Waals surface area contributed by atoms with E-state index in [9.17, 15) is 39.3 Å². The number of carboxylic acid groups (broad SMARTS) is 3. The van der Waals surface area contributed by atoms with E-state index in [1.807, 2.05) is 0 Å². The van der Waals surface area contributed by atoms with Crippen molar-refractivity contribution in [3.05, 3.63) is 0 Å². The Morgan fingerprint density at radius 1 is 0.590 bits per heavy atom. The van der Waals surface area contributed by atoms with Gasteiger partial charge in [-0.3, -0.25) is 38.7 Å². The van der Waals surface area contributed by atoms with Gasteiger partial charge in [0.2, 0.25) is 11.8 Å². The molecule has 0 aromatic rings. The minimum absolute atomic E-state index is 0.0557. The van der Waals surface area contributed by atoms with Crippen LogP contribution in [-0.2, 0) is 33.4 Å². The van der Waals surface area contributed by atoms with Crippen molar-refractivity contribution in [3.8, 4) is 0 Å². The van der Waals surface area contributed by atoms with E-state index in [4.69, 9.17) is 9.47 Å². The summed E-state index contributed by atoms with van der Waals surface area (Å²) < 4.78 is 10.9. The number of aliphatic carboxylic acids is 3. The zero-order chi connectivity index (χ0) is 28.6. The van der Waals surface area contributed by atoms with Gasteiger partial charge < -0.3 is 35.4 Å². The molecule has 2 fully saturated rings. The second kappa shape index (κ2) is 17.7. The standard InChI is InChI=1S/C24H41N5O10/c30-20(25-11-18-3-1-9-38-18)13-28(16-23(34)35)7-5-27(15-22(32)33)6-8-29(17-24(36)37)14-21(31)26-12-19-4-2-10-39-19/h18-19H,1-17H2,(H,25,30)(H,26,31)(H,32,33)(H,34,35)(H,36,37). The van der Waals surface area contributed by atoms with E-state index in [1.54, 1.807) is 0 Å². The van der Waals surface area contributed by atoms with Crippen LogP contribution in [0.3, 0.4) is 0 Å². The normalized spacial score (nSPS) is 19.1. The Bertz CT molecular complexity index is 759. The number of nitrogens with zero attached hydrogens (tertiary/aromatic N) is 3. The van der Waals surface area contributed by atoms with Crippen molar-refractivity contribution in [1.82, 2.24) is 25.3 Å². The highest BCUT2D eigenvalue weighted by Crippen LogP contribution is 2.11. The zero-order valence-electron chi connectivity index (χ0n) is 22.2. The molecule has 39 heavy (non-hydrogen) atoms. The van der Waals surface area contributed by atoms with Crippen LogP contribution in [0.25, 0.3) is 0 Å². The monoisotopic (exact) mass is 559 g/mol. The number of amides is 2. The van der Waals surface area contributed by atoms with Gasteiger partial charge in [0.25, 0.3) is 0 Å². The Hall–Kier alpha value is -2.85. The van der Waals surface area contributed by atoms with Crippen molar-refractivity contribution in [2.75, 3.05) is 85.2 Å². The summed E-state index contributed by atoms with van der Waals surface area (Å²) in [6.07, 6.45) is 3.43. The van der Waals surface area contributed by atoms with Crippen LogP contribution in [0.1, 0.15) is 25.7 Å². The highest BCUT2D eigenvalue weighted by Gasteiger charge is 2.22. The van der Waals surface area contributed by atoms with Crippen LogP contribution in [0.2, 0.25) is 0 Å². The maximum atomic E-state index is 12.4. The molecule has 2 aliphatic rings. The summed E-state index contributed by atoms with van der Waals surface area (Å²) in [4.78, 5) is 63.1. The summed E-state index contributed by atoms with van der Waals surface area (Å²) in [6.45, 7) is 0.816. The van der Waals surface area contributed by atoms with Crippen LogP contribution in [0.15, 0.2) is 0 Å². The second-order valence-electron chi connectivity index (χ2n) is 9.76. The lowest BCUT2D eigenvalue weighted by molar-refractivity contribution is -0.141. The number of hydrogen-bond donors (Lipinski definition) is 5. The fourth-order valence-corrected chi connectivity index (χ4v) is 4.42. The predicted octanol–water partition coefficient (Wildman–Crippen LogP) is -2.26. The average Bonchev–Trinajstić information content (AvgIpc) is 3.56. The summed E-state index contributed by atoms with van der Waals surface area (Å²) in [5.74, 6) is -4.11. The number of carbonyl (C=O) groups excluding carboxylic acids is 2. The fraction of sp³-hybridized carbons (Fsp3) is 0.792. The maximum Gasteiger partial charge on any atom is 0.317 e. The number of carbonyl (C=O) groups is 5. The third kappa shape index (κ3) is 14.8. The van der Waals surface area contributed by atoms with Crippen molar-refractivity contribution in [2.24, 2.45) is 0 Å². The highest BCUT2D eigenvalue weighted by molar-refractivity contribution is 5.79. The van der Waals surface area contributed by atoms with Gasteiger partial charge in [-0.25, -0.2) is 0 Å². The Morgan fingerprint density at radius 3 is 1.28 bits per heavy atom. The largest absolute Gasteiger partial charge is 0.480 e. The van der Waals surface area contributed by atoms with Crippen LogP contribution < -0.4 is 10.6 Å². The Labute approximate surface area is 227 Å². The molecular formula is C24H41N5O10. The van der Waals surface area contributed by atoms with Crippen molar-refractivity contribution >= 4 is 29.7 Å². The molecule has 2 atom stereocenters. The van der Waals surface area contributed by atoms with Gasteiger partial charge in [0.05, 0.1) is 44.9 Å². The molecule has 222 valence electrons. The summed E-state index contributed by atoms with van der Waals surface area (Å²) in [7, 11) is 0. The first-order chi connectivity index (χ1) is 18.6. The molecule has 2 aliphatic heterocycles. The minimum Gasteiger partial charge on any atom is -0.480 e. The molecular weight excluding hydrogens is 518 g/mol. The molecule has 15 heteroatoms. The smallest absolute Gasteiger partial charge is 0.317 e. The Morgan fingerprint density at radius 2 is 0.949 bits per heavy atom.